The molecule has 8 nitrogen and oxygen atoms in total. The van der Waals surface area contributed by atoms with Crippen molar-refractivity contribution in [2.75, 3.05) is 24.9 Å². The van der Waals surface area contributed by atoms with Gasteiger partial charge in [-0.25, -0.2) is 9.97 Å². The average molecular weight is 389 g/mol. The first-order chi connectivity index (χ1) is 14.1. The minimum absolute atomic E-state index is 0.151. The third-order valence-electron chi connectivity index (χ3n) is 4.21. The number of aromatic nitrogens is 3. The fraction of sp³-hybridized carbons (Fsp3) is 0.0952. The summed E-state index contributed by atoms with van der Waals surface area (Å²) in [4.78, 5) is 24.1. The normalized spacial score (nSPS) is 10.6. The van der Waals surface area contributed by atoms with Gasteiger partial charge < -0.3 is 25.1 Å². The number of fused-ring (bicyclic) bond motifs is 1. The van der Waals surface area contributed by atoms with E-state index in [1.807, 2.05) is 30.3 Å². The number of rotatable bonds is 6. The van der Waals surface area contributed by atoms with Crippen molar-refractivity contribution in [2.45, 2.75) is 0 Å². The Morgan fingerprint density at radius 2 is 1.55 bits per heavy atom. The third-order valence-corrected chi connectivity index (χ3v) is 4.21. The molecule has 0 fully saturated rings. The first-order valence-electron chi connectivity index (χ1n) is 8.88. The molecule has 29 heavy (non-hydrogen) atoms. The van der Waals surface area contributed by atoms with Crippen molar-refractivity contribution >= 4 is 34.2 Å². The lowest BCUT2D eigenvalue weighted by Gasteiger charge is -2.10. The summed E-state index contributed by atoms with van der Waals surface area (Å²) in [5.74, 6) is 1.96. The SMILES string of the molecule is COc1cc(Nc2nc3ccc(Nc4ccccc4)nc3[nH]c2=O)cc(OC)c1. The van der Waals surface area contributed by atoms with E-state index in [9.17, 15) is 4.79 Å². The number of H-pyrrole nitrogens is 1. The molecule has 0 aliphatic heterocycles. The molecule has 0 bridgehead atoms. The number of benzene rings is 2. The van der Waals surface area contributed by atoms with Gasteiger partial charge in [0.2, 0.25) is 0 Å². The van der Waals surface area contributed by atoms with Crippen molar-refractivity contribution in [3.8, 4) is 11.5 Å². The van der Waals surface area contributed by atoms with Crippen molar-refractivity contribution in [1.29, 1.82) is 0 Å². The Hall–Kier alpha value is -4.07. The topological polar surface area (TPSA) is 101 Å². The number of hydrogen-bond donors (Lipinski definition) is 3. The Bertz CT molecular complexity index is 1190. The summed E-state index contributed by atoms with van der Waals surface area (Å²) < 4.78 is 10.5. The predicted octanol–water partition coefficient (Wildman–Crippen LogP) is 3.82. The largest absolute Gasteiger partial charge is 0.497 e. The maximum atomic E-state index is 12.5. The van der Waals surface area contributed by atoms with E-state index in [0.717, 1.165) is 5.69 Å². The molecule has 0 saturated heterocycles. The molecule has 0 saturated carbocycles. The molecular formula is C21H19N5O3. The smallest absolute Gasteiger partial charge is 0.292 e. The summed E-state index contributed by atoms with van der Waals surface area (Å²) in [6.07, 6.45) is 0. The number of para-hydroxylation sites is 1. The number of hydrogen-bond acceptors (Lipinski definition) is 7. The first kappa shape index (κ1) is 18.3. The second-order valence-electron chi connectivity index (χ2n) is 6.20. The molecule has 0 atom stereocenters. The van der Waals surface area contributed by atoms with E-state index in [2.05, 4.69) is 25.6 Å². The lowest BCUT2D eigenvalue weighted by atomic mass is 10.2. The molecule has 0 spiro atoms. The maximum Gasteiger partial charge on any atom is 0.292 e. The van der Waals surface area contributed by atoms with E-state index in [1.54, 1.807) is 44.6 Å². The zero-order valence-corrected chi connectivity index (χ0v) is 15.9. The van der Waals surface area contributed by atoms with Crippen LogP contribution in [0, 0.1) is 0 Å². The van der Waals surface area contributed by atoms with Crippen LogP contribution in [-0.4, -0.2) is 29.2 Å². The van der Waals surface area contributed by atoms with Gasteiger partial charge in [-0.2, -0.15) is 0 Å². The van der Waals surface area contributed by atoms with Crippen LogP contribution in [0.3, 0.4) is 0 Å². The van der Waals surface area contributed by atoms with Gasteiger partial charge in [0.1, 0.15) is 22.8 Å². The highest BCUT2D eigenvalue weighted by Crippen LogP contribution is 2.27. The fourth-order valence-corrected chi connectivity index (χ4v) is 2.81. The highest BCUT2D eigenvalue weighted by atomic mass is 16.5. The second kappa shape index (κ2) is 7.89. The number of pyridine rings is 1. The number of aromatic amines is 1. The van der Waals surface area contributed by atoms with Gasteiger partial charge >= 0.3 is 0 Å². The van der Waals surface area contributed by atoms with Crippen molar-refractivity contribution in [3.63, 3.8) is 0 Å². The molecule has 146 valence electrons. The van der Waals surface area contributed by atoms with Crippen LogP contribution in [0.25, 0.3) is 11.2 Å². The molecule has 4 aromatic rings. The van der Waals surface area contributed by atoms with Gasteiger partial charge in [0.25, 0.3) is 5.56 Å². The van der Waals surface area contributed by atoms with Crippen LogP contribution >= 0.6 is 0 Å². The van der Waals surface area contributed by atoms with Gasteiger partial charge in [-0.05, 0) is 24.3 Å². The summed E-state index contributed by atoms with van der Waals surface area (Å²) in [7, 11) is 3.12. The molecular weight excluding hydrogens is 370 g/mol. The maximum absolute atomic E-state index is 12.5. The Morgan fingerprint density at radius 1 is 0.828 bits per heavy atom. The van der Waals surface area contributed by atoms with E-state index >= 15 is 0 Å². The molecule has 2 aromatic carbocycles. The highest BCUT2D eigenvalue weighted by Gasteiger charge is 2.09. The van der Waals surface area contributed by atoms with E-state index in [0.29, 0.717) is 34.2 Å². The lowest BCUT2D eigenvalue weighted by molar-refractivity contribution is 0.395. The molecule has 4 rings (SSSR count). The van der Waals surface area contributed by atoms with Gasteiger partial charge in [-0.3, -0.25) is 4.79 Å². The van der Waals surface area contributed by atoms with E-state index in [1.165, 1.54) is 0 Å². The van der Waals surface area contributed by atoms with Crippen molar-refractivity contribution in [2.24, 2.45) is 0 Å². The summed E-state index contributed by atoms with van der Waals surface area (Å²) >= 11 is 0. The zero-order chi connectivity index (χ0) is 20.2. The van der Waals surface area contributed by atoms with Gasteiger partial charge in [-0.1, -0.05) is 18.2 Å². The highest BCUT2D eigenvalue weighted by molar-refractivity contribution is 5.75. The molecule has 2 aromatic heterocycles. The van der Waals surface area contributed by atoms with Gasteiger partial charge in [0, 0.05) is 29.6 Å². The second-order valence-corrected chi connectivity index (χ2v) is 6.20. The zero-order valence-electron chi connectivity index (χ0n) is 15.9. The fourth-order valence-electron chi connectivity index (χ4n) is 2.81. The predicted molar refractivity (Wildman–Crippen MR) is 113 cm³/mol. The quantitative estimate of drug-likeness (QED) is 0.461. The molecule has 8 heteroatoms. The average Bonchev–Trinajstić information content (AvgIpc) is 2.75. The summed E-state index contributed by atoms with van der Waals surface area (Å²) in [6.45, 7) is 0. The molecule has 0 unspecified atom stereocenters. The molecule has 0 radical (unpaired) electrons. The van der Waals surface area contributed by atoms with Crippen LogP contribution in [0.2, 0.25) is 0 Å². The number of nitrogens with one attached hydrogen (secondary N) is 3. The number of anilines is 4. The van der Waals surface area contributed by atoms with Gasteiger partial charge in [0.05, 0.1) is 14.2 Å². The van der Waals surface area contributed by atoms with Crippen LogP contribution < -0.4 is 25.7 Å². The van der Waals surface area contributed by atoms with Crippen LogP contribution in [0.15, 0.2) is 65.5 Å². The minimum Gasteiger partial charge on any atom is -0.497 e. The van der Waals surface area contributed by atoms with Crippen molar-refractivity contribution in [1.82, 2.24) is 15.0 Å². The van der Waals surface area contributed by atoms with Crippen molar-refractivity contribution in [3.05, 3.63) is 71.0 Å². The Balaban J connectivity index is 1.64. The number of ether oxygens (including phenoxy) is 2. The summed E-state index contributed by atoms with van der Waals surface area (Å²) in [5.41, 5.74) is 2.09. The molecule has 2 heterocycles. The van der Waals surface area contributed by atoms with Gasteiger partial charge in [-0.15, -0.1) is 0 Å². The van der Waals surface area contributed by atoms with Crippen molar-refractivity contribution < 1.29 is 9.47 Å². The van der Waals surface area contributed by atoms with Crippen LogP contribution in [0.4, 0.5) is 23.0 Å². The first-order valence-corrected chi connectivity index (χ1v) is 8.88. The van der Waals surface area contributed by atoms with E-state index in [4.69, 9.17) is 9.47 Å². The Morgan fingerprint density at radius 3 is 2.24 bits per heavy atom. The molecule has 3 N–H and O–H groups in total. The van der Waals surface area contributed by atoms with E-state index < -0.39 is 0 Å². The third kappa shape index (κ3) is 4.11. The minimum atomic E-state index is -0.386. The van der Waals surface area contributed by atoms with Crippen LogP contribution in [0.5, 0.6) is 11.5 Å². The van der Waals surface area contributed by atoms with Crippen LogP contribution in [-0.2, 0) is 0 Å². The monoisotopic (exact) mass is 389 g/mol. The number of methoxy groups -OCH3 is 2. The summed E-state index contributed by atoms with van der Waals surface area (Å²) in [5, 5.41) is 6.20. The van der Waals surface area contributed by atoms with Crippen LogP contribution in [0.1, 0.15) is 0 Å². The number of nitrogens with zero attached hydrogens (tertiary/aromatic N) is 2. The Kier molecular flexibility index (Phi) is 4.98. The molecule has 0 amide bonds. The van der Waals surface area contributed by atoms with Gasteiger partial charge in [0.15, 0.2) is 11.5 Å². The van der Waals surface area contributed by atoms with E-state index in [-0.39, 0.29) is 11.4 Å². The standard InChI is InChI=1S/C21H19N5O3/c1-28-15-10-14(11-16(12-15)29-2)23-20-21(27)26-19-17(24-20)8-9-18(25-19)22-13-6-4-3-5-7-13/h3-12H,1-2H3,(H,23,24)(H2,22,25,26,27). The summed E-state index contributed by atoms with van der Waals surface area (Å²) in [6, 6.07) is 18.5. The lowest BCUT2D eigenvalue weighted by Crippen LogP contribution is -2.14. The molecule has 0 aliphatic rings. The molecule has 0 aliphatic carbocycles. The Labute approximate surface area is 166 Å².